The third-order valence-electron chi connectivity index (χ3n) is 3.26. The van der Waals surface area contributed by atoms with Gasteiger partial charge in [0.25, 0.3) is 0 Å². The zero-order valence-electron chi connectivity index (χ0n) is 12.9. The minimum atomic E-state index is -0.116. The molecule has 116 valence electrons. The van der Waals surface area contributed by atoms with Gasteiger partial charge in [0.2, 0.25) is 5.91 Å². The minimum absolute atomic E-state index is 0.116. The molecule has 0 fully saturated rings. The number of para-hydroxylation sites is 1. The van der Waals surface area contributed by atoms with E-state index < -0.39 is 0 Å². The van der Waals surface area contributed by atoms with E-state index in [0.29, 0.717) is 16.5 Å². The average molecular weight is 319 g/mol. The average Bonchev–Trinajstić information content (AvgIpc) is 2.47. The third kappa shape index (κ3) is 3.92. The molecular formula is C17H19ClN2O2. The molecular weight excluding hydrogens is 300 g/mol. The van der Waals surface area contributed by atoms with E-state index in [4.69, 9.17) is 16.3 Å². The standard InChI is InChI=1S/C17H19ClN2O2/c1-20(2)15-9-8-13(18)11-14(15)19-17(21)10-12-6-4-5-7-16(12)22-3/h4-9,11H,10H2,1-3H3,(H,19,21). The van der Waals surface area contributed by atoms with Crippen molar-refractivity contribution >= 4 is 28.9 Å². The minimum Gasteiger partial charge on any atom is -0.496 e. The van der Waals surface area contributed by atoms with Crippen molar-refractivity contribution in [2.75, 3.05) is 31.4 Å². The van der Waals surface area contributed by atoms with E-state index in [0.717, 1.165) is 11.3 Å². The van der Waals surface area contributed by atoms with Crippen molar-refractivity contribution in [1.29, 1.82) is 0 Å². The van der Waals surface area contributed by atoms with Gasteiger partial charge in [0.15, 0.2) is 0 Å². The van der Waals surface area contributed by atoms with E-state index in [1.165, 1.54) is 0 Å². The largest absolute Gasteiger partial charge is 0.496 e. The number of ether oxygens (including phenoxy) is 1. The van der Waals surface area contributed by atoms with Crippen LogP contribution in [-0.2, 0) is 11.2 Å². The number of carbonyl (C=O) groups is 1. The molecule has 0 radical (unpaired) electrons. The highest BCUT2D eigenvalue weighted by molar-refractivity contribution is 6.31. The number of nitrogens with zero attached hydrogens (tertiary/aromatic N) is 1. The Labute approximate surface area is 135 Å². The summed E-state index contributed by atoms with van der Waals surface area (Å²) in [5.41, 5.74) is 2.44. The van der Waals surface area contributed by atoms with Gasteiger partial charge in [0.05, 0.1) is 24.9 Å². The quantitative estimate of drug-likeness (QED) is 0.916. The first-order chi connectivity index (χ1) is 10.5. The molecule has 2 rings (SSSR count). The van der Waals surface area contributed by atoms with Gasteiger partial charge in [-0.25, -0.2) is 0 Å². The molecule has 0 aliphatic rings. The second kappa shape index (κ2) is 7.18. The molecule has 0 spiro atoms. The fraction of sp³-hybridized carbons (Fsp3) is 0.235. The Bertz CT molecular complexity index is 671. The van der Waals surface area contributed by atoms with Crippen LogP contribution in [0, 0.1) is 0 Å². The fourth-order valence-electron chi connectivity index (χ4n) is 2.21. The van der Waals surface area contributed by atoms with E-state index in [1.807, 2.05) is 49.3 Å². The van der Waals surface area contributed by atoms with Gasteiger partial charge in [0, 0.05) is 24.7 Å². The summed E-state index contributed by atoms with van der Waals surface area (Å²) in [7, 11) is 5.43. The van der Waals surface area contributed by atoms with E-state index >= 15 is 0 Å². The van der Waals surface area contributed by atoms with Crippen LogP contribution in [0.2, 0.25) is 5.02 Å². The molecule has 0 unspecified atom stereocenters. The highest BCUT2D eigenvalue weighted by Gasteiger charge is 2.12. The Hall–Kier alpha value is -2.20. The summed E-state index contributed by atoms with van der Waals surface area (Å²) in [6.45, 7) is 0. The summed E-state index contributed by atoms with van der Waals surface area (Å²) in [5.74, 6) is 0.589. The van der Waals surface area contributed by atoms with Gasteiger partial charge in [0.1, 0.15) is 5.75 Å². The topological polar surface area (TPSA) is 41.6 Å². The fourth-order valence-corrected chi connectivity index (χ4v) is 2.39. The van der Waals surface area contributed by atoms with Crippen LogP contribution in [0.5, 0.6) is 5.75 Å². The molecule has 2 aromatic rings. The third-order valence-corrected chi connectivity index (χ3v) is 3.49. The van der Waals surface area contributed by atoms with Crippen molar-refractivity contribution in [3.63, 3.8) is 0 Å². The molecule has 22 heavy (non-hydrogen) atoms. The van der Waals surface area contributed by atoms with Crippen LogP contribution in [0.25, 0.3) is 0 Å². The van der Waals surface area contributed by atoms with E-state index in [2.05, 4.69) is 5.32 Å². The van der Waals surface area contributed by atoms with Crippen LogP contribution in [0.4, 0.5) is 11.4 Å². The molecule has 0 aliphatic carbocycles. The number of amides is 1. The molecule has 0 saturated heterocycles. The van der Waals surface area contributed by atoms with E-state index in [-0.39, 0.29) is 12.3 Å². The predicted octanol–water partition coefficient (Wildman–Crippen LogP) is 3.60. The molecule has 0 bridgehead atoms. The zero-order chi connectivity index (χ0) is 16.1. The van der Waals surface area contributed by atoms with Gasteiger partial charge < -0.3 is 15.0 Å². The Morgan fingerprint density at radius 1 is 1.23 bits per heavy atom. The summed E-state index contributed by atoms with van der Waals surface area (Å²) in [5, 5.41) is 3.49. The molecule has 1 amide bonds. The van der Waals surface area contributed by atoms with Crippen LogP contribution in [0.3, 0.4) is 0 Å². The molecule has 0 aromatic heterocycles. The Morgan fingerprint density at radius 3 is 2.64 bits per heavy atom. The van der Waals surface area contributed by atoms with Crippen molar-refractivity contribution in [3.05, 3.63) is 53.1 Å². The van der Waals surface area contributed by atoms with Crippen molar-refractivity contribution in [3.8, 4) is 5.75 Å². The number of benzene rings is 2. The number of anilines is 2. The van der Waals surface area contributed by atoms with Crippen LogP contribution in [0.15, 0.2) is 42.5 Å². The zero-order valence-corrected chi connectivity index (χ0v) is 13.6. The number of nitrogens with one attached hydrogen (secondary N) is 1. The Balaban J connectivity index is 2.17. The normalized spacial score (nSPS) is 10.2. The summed E-state index contributed by atoms with van der Waals surface area (Å²) in [6, 6.07) is 12.9. The van der Waals surface area contributed by atoms with Gasteiger partial charge in [-0.15, -0.1) is 0 Å². The summed E-state index contributed by atoms with van der Waals surface area (Å²) < 4.78 is 5.27. The first kappa shape index (κ1) is 16.2. The van der Waals surface area contributed by atoms with Gasteiger partial charge in [-0.1, -0.05) is 29.8 Å². The SMILES string of the molecule is COc1ccccc1CC(=O)Nc1cc(Cl)ccc1N(C)C. The number of carbonyl (C=O) groups excluding carboxylic acids is 1. The predicted molar refractivity (Wildman–Crippen MR) is 91.1 cm³/mol. The Morgan fingerprint density at radius 2 is 1.95 bits per heavy atom. The molecule has 0 saturated carbocycles. The second-order valence-electron chi connectivity index (χ2n) is 5.09. The lowest BCUT2D eigenvalue weighted by Crippen LogP contribution is -2.18. The van der Waals surface area contributed by atoms with Crippen LogP contribution >= 0.6 is 11.6 Å². The van der Waals surface area contributed by atoms with Gasteiger partial charge in [-0.2, -0.15) is 0 Å². The number of halogens is 1. The van der Waals surface area contributed by atoms with Gasteiger partial charge in [-0.05, 0) is 24.3 Å². The number of hydrogen-bond donors (Lipinski definition) is 1. The Kier molecular flexibility index (Phi) is 5.28. The van der Waals surface area contributed by atoms with E-state index in [1.54, 1.807) is 19.2 Å². The monoisotopic (exact) mass is 318 g/mol. The number of methoxy groups -OCH3 is 1. The van der Waals surface area contributed by atoms with Crippen LogP contribution in [-0.4, -0.2) is 27.1 Å². The smallest absolute Gasteiger partial charge is 0.228 e. The highest BCUT2D eigenvalue weighted by atomic mass is 35.5. The summed E-state index contributed by atoms with van der Waals surface area (Å²) in [4.78, 5) is 14.2. The van der Waals surface area contributed by atoms with Crippen LogP contribution < -0.4 is 15.0 Å². The molecule has 0 atom stereocenters. The molecule has 2 aromatic carbocycles. The van der Waals surface area contributed by atoms with Gasteiger partial charge >= 0.3 is 0 Å². The van der Waals surface area contributed by atoms with Crippen molar-refractivity contribution in [2.45, 2.75) is 6.42 Å². The van der Waals surface area contributed by atoms with E-state index in [9.17, 15) is 4.79 Å². The maximum atomic E-state index is 12.3. The van der Waals surface area contributed by atoms with Crippen molar-refractivity contribution in [1.82, 2.24) is 0 Å². The first-order valence-electron chi connectivity index (χ1n) is 6.90. The number of rotatable bonds is 5. The maximum Gasteiger partial charge on any atom is 0.228 e. The van der Waals surface area contributed by atoms with Crippen LogP contribution in [0.1, 0.15) is 5.56 Å². The second-order valence-corrected chi connectivity index (χ2v) is 5.53. The summed E-state index contributed by atoms with van der Waals surface area (Å²) >= 11 is 6.02. The van der Waals surface area contributed by atoms with Crippen molar-refractivity contribution in [2.24, 2.45) is 0 Å². The number of hydrogen-bond acceptors (Lipinski definition) is 3. The maximum absolute atomic E-state index is 12.3. The summed E-state index contributed by atoms with van der Waals surface area (Å²) in [6.07, 6.45) is 0.239. The highest BCUT2D eigenvalue weighted by Crippen LogP contribution is 2.28. The first-order valence-corrected chi connectivity index (χ1v) is 7.27. The molecule has 4 nitrogen and oxygen atoms in total. The molecule has 0 heterocycles. The van der Waals surface area contributed by atoms with Crippen molar-refractivity contribution < 1.29 is 9.53 Å². The molecule has 0 aliphatic heterocycles. The lowest BCUT2D eigenvalue weighted by Gasteiger charge is -2.18. The van der Waals surface area contributed by atoms with Gasteiger partial charge in [-0.3, -0.25) is 4.79 Å². The molecule has 5 heteroatoms. The lowest BCUT2D eigenvalue weighted by atomic mass is 10.1. The lowest BCUT2D eigenvalue weighted by molar-refractivity contribution is -0.115. The molecule has 1 N–H and O–H groups in total.